The minimum Gasteiger partial charge on any atom is -0.466 e. The zero-order valence-electron chi connectivity index (χ0n) is 56.0. The van der Waals surface area contributed by atoms with Gasteiger partial charge in [-0.15, -0.1) is 0 Å². The van der Waals surface area contributed by atoms with Crippen LogP contribution in [0.5, 0.6) is 0 Å². The third kappa shape index (κ3) is 18.6. The molecular weight excluding hydrogens is 1400 g/mol. The molecule has 4 aliphatic rings. The largest absolute Gasteiger partial charge is 0.466 e. The number of benzene rings is 4. The summed E-state index contributed by atoms with van der Waals surface area (Å²) in [4.78, 5) is 62.4. The highest BCUT2D eigenvalue weighted by atomic mass is 33.5. The molecule has 1 aromatic heterocycles. The summed E-state index contributed by atoms with van der Waals surface area (Å²) < 4.78 is 69.9. The highest BCUT2D eigenvalue weighted by molar-refractivity contribution is 8.77. The number of aromatic nitrogens is 1. The van der Waals surface area contributed by atoms with Crippen molar-refractivity contribution in [2.24, 2.45) is 5.73 Å². The molecular formula is C50H60N8O9S17. The Labute approximate surface area is 555 Å². The average Bonchev–Trinajstić information content (AvgIpc) is 0.733. The molecule has 6 N–H and O–H groups in total. The maximum absolute atomic E-state index is 12.9. The Kier molecular flexibility index (Phi) is 24.8. The van der Waals surface area contributed by atoms with Crippen LogP contribution in [0, 0.1) is 31.6 Å². The number of anilines is 2. The monoisotopic (exact) mass is 1470 g/mol. The van der Waals surface area contributed by atoms with E-state index in [1.807, 2.05) is 42.5 Å². The van der Waals surface area contributed by atoms with Gasteiger partial charge < -0.3 is 31.6 Å². The van der Waals surface area contributed by atoms with Crippen LogP contribution in [0.4, 0.5) is 22.9 Å². The first-order valence-corrected chi connectivity index (χ1v) is 45.2. The van der Waals surface area contributed by atoms with E-state index in [1.165, 1.54) is 79.0 Å². The number of nitriles is 1. The number of nitrogens with two attached hydrogens (primary N) is 2. The molecule has 0 saturated carbocycles. The van der Waals surface area contributed by atoms with E-state index in [9.17, 15) is 39.9 Å². The number of allylic oxidation sites excluding steroid dienone is 3. The van der Waals surface area contributed by atoms with Crippen molar-refractivity contribution in [3.05, 3.63) is 190 Å². The predicted octanol–water partition coefficient (Wildman–Crippen LogP) is 9.19. The molecule has 2 atom stereocenters. The maximum atomic E-state index is 12.9. The second-order valence-corrected chi connectivity index (χ2v) is 43.6. The van der Waals surface area contributed by atoms with Crippen molar-refractivity contribution in [1.29, 1.82) is 5.26 Å². The van der Waals surface area contributed by atoms with E-state index in [1.54, 1.807) is 147 Å². The summed E-state index contributed by atoms with van der Waals surface area (Å²) in [6.45, 7) is 3.39. The number of Topliss-reactive ketones (excluding diaryl/α,β-unsaturated/α-hetero) is 1. The number of aryl methyl sites for hydroxylation is 3. The average molecular weight is 1480 g/mol. The molecule has 5 aromatic rings. The van der Waals surface area contributed by atoms with Crippen LogP contribution in [-0.2, 0) is 205 Å². The summed E-state index contributed by atoms with van der Waals surface area (Å²) in [5.41, 5.74) is 22.8. The lowest BCUT2D eigenvalue weighted by Crippen LogP contribution is -2.32. The van der Waals surface area contributed by atoms with Gasteiger partial charge in [0.1, 0.15) is 17.4 Å². The number of pyridine rings is 1. The number of carbonyl (C=O) groups excluding carboxylic acids is 3. The maximum Gasteiger partial charge on any atom is 0.336 e. The first kappa shape index (κ1) is 59.4. The predicted molar refractivity (Wildman–Crippen MR) is 389 cm³/mol. The Morgan fingerprint density at radius 1 is 0.667 bits per heavy atom. The second-order valence-electron chi connectivity index (χ2n) is 17.1. The standard InChI is InChI=1S/C25H22N4O4.C15H14N4O4.C10H10O.S17.7H2/c1-13-19(25(30)33-2)20(15-7-5-8-16(12-15)29(31)32)22-23(26)21-17-9-4-3-6-14(17)10-11-18(21)28-24(22)27-13;1-8-12(15(20)23-2)13(11(7-16)14(17)18-8)9-4-3-5-10(6-9)19(21)22;11-10-6-5-8-3-1-2-4-9(8)7-10;1-3-5-7-9-11-13-15-17-16-14-12-10-8-6-4-2;;;;;;;/h3-9,12,20H,10-11H2,1-2H3,(H3,26,27,28);3-6,13,18H,17H2,1-2H3;1-4H,5-7H2;;7*1H/i;;;;6*1+1D;1+1. The fourth-order valence-corrected chi connectivity index (χ4v) is 44.8. The number of esters is 2. The van der Waals surface area contributed by atoms with E-state index in [2.05, 4.69) is 22.8 Å². The Morgan fingerprint density at radius 2 is 1.13 bits per heavy atom. The summed E-state index contributed by atoms with van der Waals surface area (Å²) in [5, 5.41) is 37.8. The smallest absolute Gasteiger partial charge is 0.336 e. The molecule has 2 unspecified atom stereocenters. The molecule has 0 fully saturated rings. The van der Waals surface area contributed by atoms with Crippen molar-refractivity contribution in [2.45, 2.75) is 57.8 Å². The minimum absolute atomic E-state index is 0. The summed E-state index contributed by atoms with van der Waals surface area (Å²) in [5.74, 6) is -1.61. The molecule has 0 saturated heterocycles. The molecule has 4 aromatic carbocycles. The molecule has 34 heteroatoms. The van der Waals surface area contributed by atoms with Gasteiger partial charge in [-0.2, -0.15) is 5.26 Å². The lowest BCUT2D eigenvalue weighted by molar-refractivity contribution is -0.385. The molecule has 17 nitrogen and oxygen atoms in total. The molecule has 9 rings (SSSR count). The van der Waals surface area contributed by atoms with Crippen molar-refractivity contribution < 1.29 is 52.9 Å². The lowest BCUT2D eigenvalue weighted by atomic mass is 9.78. The highest BCUT2D eigenvalue weighted by Crippen LogP contribution is 2.50. The van der Waals surface area contributed by atoms with Gasteiger partial charge in [-0.25, -0.2) is 14.6 Å². The fourth-order valence-electron chi connectivity index (χ4n) is 9.12. The van der Waals surface area contributed by atoms with Crippen molar-refractivity contribution in [3.8, 4) is 17.2 Å². The number of nitro groups is 2. The van der Waals surface area contributed by atoms with Crippen LogP contribution >= 0.6 is 0 Å². The van der Waals surface area contributed by atoms with Crippen LogP contribution < -0.4 is 22.1 Å². The van der Waals surface area contributed by atoms with Gasteiger partial charge >= 0.3 is 11.9 Å². The van der Waals surface area contributed by atoms with Crippen molar-refractivity contribution >= 4 is 196 Å². The number of dihydropyridines is 1. The number of ketones is 1. The zero-order valence-corrected chi connectivity index (χ0v) is 57.9. The summed E-state index contributed by atoms with van der Waals surface area (Å²) in [6, 6.07) is 30.2. The molecule has 2 aliphatic carbocycles. The first-order valence-electron chi connectivity index (χ1n) is 29.8. The van der Waals surface area contributed by atoms with Crippen molar-refractivity contribution in [1.82, 2.24) is 10.3 Å². The molecule has 0 spiro atoms. The van der Waals surface area contributed by atoms with Crippen molar-refractivity contribution in [3.63, 3.8) is 0 Å². The molecule has 2 aliphatic heterocycles. The van der Waals surface area contributed by atoms with E-state index < -0.39 is 33.6 Å². The molecule has 3 heterocycles. The minimum atomic E-state index is -0.825. The Hall–Kier alpha value is -4.91. The van der Waals surface area contributed by atoms with Crippen LogP contribution in [0.15, 0.2) is 131 Å². The number of nitrogens with one attached hydrogen (secondary N) is 2. The SMILES string of the molecule is COC(=O)C1=C(C)NC(N)=C(C#N)C1c1cccc([N+](=O)[O-])c1.COC(=O)C1=C(C)Nc2nc3c(c(N)c2C1c1cccc([N+](=O)[O-])c1)-c1ccccc1CC3.O=C1CCc2ccccc2C1.S=S=S=S=S=S=S=S=S=S=S=S=S=S=S=S=S.[2HH].[2H][2H].[2H][2H].[2H][2H].[2H][2H].[2H][2H].[2H][2H]. The molecule has 0 radical (unpaired) electrons. The van der Waals surface area contributed by atoms with Gasteiger partial charge in [0.15, 0.2) is 0 Å². The summed E-state index contributed by atoms with van der Waals surface area (Å²) >= 11 is 9.48. The van der Waals surface area contributed by atoms with Crippen LogP contribution in [0.3, 0.4) is 0 Å². The molecule has 0 bridgehead atoms. The fraction of sp³-hybridized carbons (Fsp3) is 0.220. The lowest BCUT2D eigenvalue weighted by Gasteiger charge is -2.33. The van der Waals surface area contributed by atoms with Gasteiger partial charge in [0.2, 0.25) is 0 Å². The van der Waals surface area contributed by atoms with E-state index in [-0.39, 0.29) is 29.8 Å². The Morgan fingerprint density at radius 3 is 1.64 bits per heavy atom. The number of carbonyl (C=O) groups is 3. The number of non-ortho nitro benzene ring substituents is 2. The number of rotatable bonds is 6. The third-order valence-corrected chi connectivity index (χ3v) is 43.6. The number of methoxy groups -OCH3 is 2. The van der Waals surface area contributed by atoms with Crippen LogP contribution in [-0.4, -0.2) is 46.8 Å². The number of ether oxygens (including phenoxy) is 2. The summed E-state index contributed by atoms with van der Waals surface area (Å²) in [6.07, 6.45) is 3.94. The van der Waals surface area contributed by atoms with E-state index in [0.29, 0.717) is 57.4 Å². The molecule has 456 valence electrons. The van der Waals surface area contributed by atoms with E-state index >= 15 is 0 Å². The van der Waals surface area contributed by atoms with E-state index in [0.717, 1.165) is 42.5 Å². The number of nitro benzene ring substituents is 2. The first-order chi connectivity index (χ1) is 46.6. The quantitative estimate of drug-likeness (QED) is 0.0701. The van der Waals surface area contributed by atoms with Crippen LogP contribution in [0.25, 0.3) is 11.1 Å². The van der Waals surface area contributed by atoms with Gasteiger partial charge in [-0.3, -0.25) is 25.0 Å². The van der Waals surface area contributed by atoms with Gasteiger partial charge in [0.05, 0.1) is 58.5 Å². The van der Waals surface area contributed by atoms with Crippen LogP contribution in [0.1, 0.15) is 90.4 Å². The Bertz CT molecular complexity index is 4370. The number of hydrogen-bond acceptors (Lipinski definition) is 17. The molecule has 84 heavy (non-hydrogen) atoms. The number of fused-ring (bicyclic) bond motifs is 5. The highest BCUT2D eigenvalue weighted by Gasteiger charge is 2.39. The number of nitrogen functional groups attached to an aromatic ring is 1. The number of hydrogen-bond donors (Lipinski definition) is 4. The second kappa shape index (κ2) is 35.0. The summed E-state index contributed by atoms with van der Waals surface area (Å²) in [7, 11) is 27.9. The third-order valence-electron chi connectivity index (χ3n) is 12.5. The van der Waals surface area contributed by atoms with Gasteiger partial charge in [-0.05, 0) is 66.5 Å². The molecule has 0 amide bonds. The van der Waals surface area contributed by atoms with Gasteiger partial charge in [0.25, 0.3) is 11.4 Å². The van der Waals surface area contributed by atoms with Gasteiger partial charge in [-0.1, -0.05) is 72.8 Å². The topological polar surface area (TPSA) is 269 Å². The number of nitrogens with zero attached hydrogens (tertiary/aromatic N) is 4. The van der Waals surface area contributed by atoms with Crippen molar-refractivity contribution in [2.75, 3.05) is 25.3 Å². The van der Waals surface area contributed by atoms with E-state index in [4.69, 9.17) is 66.1 Å². The normalized spacial score (nSPS) is 15.3. The van der Waals surface area contributed by atoms with Crippen LogP contribution in [0.2, 0.25) is 0 Å². The van der Waals surface area contributed by atoms with Gasteiger partial charge in [0, 0.05) is 246 Å². The zero-order chi connectivity index (χ0) is 72.7. The Balaban J connectivity index is 0.